The number of fused-ring (bicyclic) bond motifs is 1. The van der Waals surface area contributed by atoms with Gasteiger partial charge in [0, 0.05) is 23.4 Å². The smallest absolute Gasteiger partial charge is 0.248 e. The predicted octanol–water partition coefficient (Wildman–Crippen LogP) is 5.11. The van der Waals surface area contributed by atoms with Gasteiger partial charge in [0.2, 0.25) is 5.91 Å². The molecule has 1 amide bonds. The Kier molecular flexibility index (Phi) is 4.85. The SMILES string of the molecule is O=C(C=Cc1ccccc1)Nc1ccc2oc(-c3ccccc3)cc(=O)c2c1. The first kappa shape index (κ1) is 17.5. The summed E-state index contributed by atoms with van der Waals surface area (Å²) in [6, 6.07) is 25.5. The number of nitrogens with one attached hydrogen (secondary N) is 1. The Labute approximate surface area is 161 Å². The molecular formula is C24H17NO3. The predicted molar refractivity (Wildman–Crippen MR) is 112 cm³/mol. The first-order valence-electron chi connectivity index (χ1n) is 8.86. The van der Waals surface area contributed by atoms with Crippen LogP contribution < -0.4 is 10.7 Å². The van der Waals surface area contributed by atoms with E-state index in [2.05, 4.69) is 5.32 Å². The minimum atomic E-state index is -0.270. The maximum Gasteiger partial charge on any atom is 0.248 e. The highest BCUT2D eigenvalue weighted by Crippen LogP contribution is 2.23. The fourth-order valence-corrected chi connectivity index (χ4v) is 2.90. The van der Waals surface area contributed by atoms with Crippen LogP contribution in [0, 0.1) is 0 Å². The number of hydrogen-bond acceptors (Lipinski definition) is 3. The van der Waals surface area contributed by atoms with E-state index in [1.54, 1.807) is 24.3 Å². The molecular weight excluding hydrogens is 350 g/mol. The van der Waals surface area contributed by atoms with E-state index in [0.29, 0.717) is 22.4 Å². The van der Waals surface area contributed by atoms with Crippen LogP contribution >= 0.6 is 0 Å². The molecule has 0 aliphatic heterocycles. The lowest BCUT2D eigenvalue weighted by Crippen LogP contribution is -2.08. The van der Waals surface area contributed by atoms with Crippen molar-refractivity contribution in [3.8, 4) is 11.3 Å². The van der Waals surface area contributed by atoms with Gasteiger partial charge in [0.05, 0.1) is 5.39 Å². The Morgan fingerprint density at radius 2 is 1.57 bits per heavy atom. The molecule has 28 heavy (non-hydrogen) atoms. The second-order valence-electron chi connectivity index (χ2n) is 6.29. The standard InChI is InChI=1S/C24H17NO3/c26-21-16-23(18-9-5-2-6-10-18)28-22-13-12-19(15-20(21)22)25-24(27)14-11-17-7-3-1-4-8-17/h1-16H,(H,25,27). The van der Waals surface area contributed by atoms with Crippen LogP contribution in [0.1, 0.15) is 5.56 Å². The summed E-state index contributed by atoms with van der Waals surface area (Å²) in [6.45, 7) is 0. The minimum absolute atomic E-state index is 0.156. The maximum atomic E-state index is 12.5. The third-order valence-corrected chi connectivity index (χ3v) is 4.28. The summed E-state index contributed by atoms with van der Waals surface area (Å²) in [5.41, 5.74) is 2.63. The topological polar surface area (TPSA) is 59.3 Å². The van der Waals surface area contributed by atoms with Crippen LogP contribution in [-0.2, 0) is 4.79 Å². The second kappa shape index (κ2) is 7.76. The molecule has 0 saturated heterocycles. The molecule has 1 heterocycles. The molecule has 0 spiro atoms. The van der Waals surface area contributed by atoms with Gasteiger partial charge >= 0.3 is 0 Å². The van der Waals surface area contributed by atoms with E-state index < -0.39 is 0 Å². The number of hydrogen-bond donors (Lipinski definition) is 1. The fraction of sp³-hybridized carbons (Fsp3) is 0. The molecule has 0 atom stereocenters. The molecule has 0 aliphatic rings. The number of anilines is 1. The Balaban J connectivity index is 1.58. The van der Waals surface area contributed by atoms with Crippen molar-refractivity contribution in [1.29, 1.82) is 0 Å². The molecule has 0 saturated carbocycles. The number of benzene rings is 3. The van der Waals surface area contributed by atoms with Gasteiger partial charge in [0.25, 0.3) is 0 Å². The zero-order chi connectivity index (χ0) is 19.3. The van der Waals surface area contributed by atoms with E-state index in [9.17, 15) is 9.59 Å². The van der Waals surface area contributed by atoms with Crippen LogP contribution in [0.3, 0.4) is 0 Å². The van der Waals surface area contributed by atoms with Crippen molar-refractivity contribution in [2.24, 2.45) is 0 Å². The van der Waals surface area contributed by atoms with Crippen molar-refractivity contribution < 1.29 is 9.21 Å². The van der Waals surface area contributed by atoms with Gasteiger partial charge in [-0.1, -0.05) is 60.7 Å². The van der Waals surface area contributed by atoms with Crippen LogP contribution in [0.2, 0.25) is 0 Å². The number of carbonyl (C=O) groups excluding carboxylic acids is 1. The van der Waals surface area contributed by atoms with Gasteiger partial charge in [-0.15, -0.1) is 0 Å². The van der Waals surface area contributed by atoms with Crippen LogP contribution in [0.5, 0.6) is 0 Å². The summed E-state index contributed by atoms with van der Waals surface area (Å²) in [6.07, 6.45) is 3.19. The third kappa shape index (κ3) is 3.91. The van der Waals surface area contributed by atoms with Crippen LogP contribution in [-0.4, -0.2) is 5.91 Å². The van der Waals surface area contributed by atoms with Gasteiger partial charge in [0.15, 0.2) is 5.43 Å². The summed E-state index contributed by atoms with van der Waals surface area (Å²) in [5, 5.41) is 3.19. The van der Waals surface area contributed by atoms with E-state index in [1.165, 1.54) is 12.1 Å². The average Bonchev–Trinajstić information content (AvgIpc) is 2.74. The van der Waals surface area contributed by atoms with E-state index >= 15 is 0 Å². The molecule has 4 rings (SSSR count). The maximum absolute atomic E-state index is 12.5. The summed E-state index contributed by atoms with van der Waals surface area (Å²) in [7, 11) is 0. The monoisotopic (exact) mass is 367 g/mol. The van der Waals surface area contributed by atoms with Crippen LogP contribution in [0.25, 0.3) is 28.4 Å². The van der Waals surface area contributed by atoms with Crippen molar-refractivity contribution in [3.05, 3.63) is 107 Å². The van der Waals surface area contributed by atoms with E-state index in [4.69, 9.17) is 4.42 Å². The lowest BCUT2D eigenvalue weighted by molar-refractivity contribution is -0.111. The largest absolute Gasteiger partial charge is 0.456 e. The van der Waals surface area contributed by atoms with Crippen molar-refractivity contribution >= 4 is 28.6 Å². The van der Waals surface area contributed by atoms with E-state index in [1.807, 2.05) is 60.7 Å². The molecule has 4 heteroatoms. The lowest BCUT2D eigenvalue weighted by atomic mass is 10.1. The molecule has 4 aromatic rings. The lowest BCUT2D eigenvalue weighted by Gasteiger charge is -2.06. The van der Waals surface area contributed by atoms with Gasteiger partial charge in [-0.05, 0) is 29.8 Å². The summed E-state index contributed by atoms with van der Waals surface area (Å²) in [4.78, 5) is 24.7. The second-order valence-corrected chi connectivity index (χ2v) is 6.29. The highest BCUT2D eigenvalue weighted by Gasteiger charge is 2.08. The molecule has 136 valence electrons. The van der Waals surface area contributed by atoms with Gasteiger partial charge in [-0.2, -0.15) is 0 Å². The van der Waals surface area contributed by atoms with Gasteiger partial charge in [-0.25, -0.2) is 0 Å². The highest BCUT2D eigenvalue weighted by molar-refractivity contribution is 6.02. The summed E-state index contributed by atoms with van der Waals surface area (Å²) in [5.74, 6) is 0.245. The van der Waals surface area contributed by atoms with Gasteiger partial charge in [-0.3, -0.25) is 9.59 Å². The van der Waals surface area contributed by atoms with Crippen molar-refractivity contribution in [2.75, 3.05) is 5.32 Å². The van der Waals surface area contributed by atoms with Crippen LogP contribution in [0.4, 0.5) is 5.69 Å². The average molecular weight is 367 g/mol. The Morgan fingerprint density at radius 1 is 0.857 bits per heavy atom. The summed E-state index contributed by atoms with van der Waals surface area (Å²) < 4.78 is 5.87. The molecule has 0 fully saturated rings. The quantitative estimate of drug-likeness (QED) is 0.510. The Bertz CT molecular complexity index is 1210. The fourth-order valence-electron chi connectivity index (χ4n) is 2.90. The molecule has 1 aromatic heterocycles. The van der Waals surface area contributed by atoms with Crippen LogP contribution in [0.15, 0.2) is 100 Å². The molecule has 0 aliphatic carbocycles. The zero-order valence-electron chi connectivity index (χ0n) is 15.0. The first-order valence-corrected chi connectivity index (χ1v) is 8.86. The molecule has 0 bridgehead atoms. The summed E-state index contributed by atoms with van der Waals surface area (Å²) >= 11 is 0. The molecule has 3 aromatic carbocycles. The number of carbonyl (C=O) groups is 1. The Morgan fingerprint density at radius 3 is 2.32 bits per heavy atom. The van der Waals surface area contributed by atoms with Gasteiger partial charge in [0.1, 0.15) is 11.3 Å². The zero-order valence-corrected chi connectivity index (χ0v) is 15.0. The molecule has 0 unspecified atom stereocenters. The third-order valence-electron chi connectivity index (χ3n) is 4.28. The molecule has 4 nitrogen and oxygen atoms in total. The van der Waals surface area contributed by atoms with E-state index in [0.717, 1.165) is 11.1 Å². The molecule has 1 N–H and O–H groups in total. The van der Waals surface area contributed by atoms with Crippen molar-refractivity contribution in [1.82, 2.24) is 0 Å². The Hall–Kier alpha value is -3.92. The van der Waals surface area contributed by atoms with E-state index in [-0.39, 0.29) is 11.3 Å². The first-order chi connectivity index (χ1) is 13.7. The minimum Gasteiger partial charge on any atom is -0.456 e. The molecule has 0 radical (unpaired) electrons. The number of rotatable bonds is 4. The highest BCUT2D eigenvalue weighted by atomic mass is 16.3. The van der Waals surface area contributed by atoms with Crippen molar-refractivity contribution in [3.63, 3.8) is 0 Å². The van der Waals surface area contributed by atoms with Gasteiger partial charge < -0.3 is 9.73 Å². The number of amides is 1. The normalized spacial score (nSPS) is 11.0. The van der Waals surface area contributed by atoms with Crippen molar-refractivity contribution in [2.45, 2.75) is 0 Å².